The second-order valence-corrected chi connectivity index (χ2v) is 5.15. The van der Waals surface area contributed by atoms with Crippen molar-refractivity contribution in [1.29, 1.82) is 0 Å². The molecule has 0 spiro atoms. The van der Waals surface area contributed by atoms with E-state index in [1.54, 1.807) is 6.07 Å². The van der Waals surface area contributed by atoms with Gasteiger partial charge in [-0.25, -0.2) is 8.78 Å². The van der Waals surface area contributed by atoms with Gasteiger partial charge < -0.3 is 10.1 Å². The van der Waals surface area contributed by atoms with Crippen LogP contribution in [0.2, 0.25) is 0 Å². The highest BCUT2D eigenvalue weighted by atomic mass is 19.1. The van der Waals surface area contributed by atoms with Gasteiger partial charge in [-0.05, 0) is 29.7 Å². The van der Waals surface area contributed by atoms with E-state index in [0.29, 0.717) is 5.75 Å². The quantitative estimate of drug-likeness (QED) is 0.903. The average Bonchev–Trinajstić information content (AvgIpc) is 2.49. The summed E-state index contributed by atoms with van der Waals surface area (Å²) in [6.07, 6.45) is 0. The van der Waals surface area contributed by atoms with Crippen LogP contribution in [0.5, 0.6) is 5.75 Å². The summed E-state index contributed by atoms with van der Waals surface area (Å²) in [5.74, 6) is -1.02. The van der Waals surface area contributed by atoms with E-state index in [-0.39, 0.29) is 18.2 Å². The number of hydrogen-bond acceptors (Lipinski definition) is 2. The maximum atomic E-state index is 13.4. The molecule has 0 aliphatic heterocycles. The first-order valence-electron chi connectivity index (χ1n) is 6.94. The van der Waals surface area contributed by atoms with Crippen molar-refractivity contribution in [2.24, 2.45) is 0 Å². The fraction of sp³-hybridized carbons (Fsp3) is 0.235. The van der Waals surface area contributed by atoms with Crippen LogP contribution in [0.3, 0.4) is 0 Å². The highest BCUT2D eigenvalue weighted by molar-refractivity contribution is 5.92. The van der Waals surface area contributed by atoms with Crippen molar-refractivity contribution in [2.45, 2.75) is 19.8 Å². The van der Waals surface area contributed by atoms with Gasteiger partial charge in [0.05, 0.1) is 5.69 Å². The van der Waals surface area contributed by atoms with Gasteiger partial charge in [-0.15, -0.1) is 0 Å². The number of anilines is 1. The first kappa shape index (κ1) is 15.9. The lowest BCUT2D eigenvalue weighted by molar-refractivity contribution is -0.118. The van der Waals surface area contributed by atoms with Gasteiger partial charge in [-0.3, -0.25) is 4.79 Å². The summed E-state index contributed by atoms with van der Waals surface area (Å²) in [7, 11) is 0. The molecule has 0 saturated heterocycles. The van der Waals surface area contributed by atoms with Crippen molar-refractivity contribution in [1.82, 2.24) is 0 Å². The fourth-order valence-corrected chi connectivity index (χ4v) is 2.01. The topological polar surface area (TPSA) is 38.3 Å². The van der Waals surface area contributed by atoms with E-state index >= 15 is 0 Å². The van der Waals surface area contributed by atoms with Gasteiger partial charge in [-0.1, -0.05) is 32.0 Å². The summed E-state index contributed by atoms with van der Waals surface area (Å²) in [5.41, 5.74) is 0.776. The van der Waals surface area contributed by atoms with Crippen molar-refractivity contribution in [3.63, 3.8) is 0 Å². The normalized spacial score (nSPS) is 10.6. The number of para-hydroxylation sites is 1. The minimum Gasteiger partial charge on any atom is -0.483 e. The summed E-state index contributed by atoms with van der Waals surface area (Å²) < 4.78 is 32.0. The minimum atomic E-state index is -0.697. The largest absolute Gasteiger partial charge is 0.483 e. The first-order chi connectivity index (χ1) is 10.5. The SMILES string of the molecule is CC(C)c1ccccc1OCC(=O)Nc1cc(F)ccc1F. The molecule has 116 valence electrons. The van der Waals surface area contributed by atoms with E-state index in [9.17, 15) is 13.6 Å². The highest BCUT2D eigenvalue weighted by Crippen LogP contribution is 2.25. The van der Waals surface area contributed by atoms with Crippen LogP contribution in [0.4, 0.5) is 14.5 Å². The standard InChI is InChI=1S/C17H17F2NO2/c1-11(2)13-5-3-4-6-16(13)22-10-17(21)20-15-9-12(18)7-8-14(15)19/h3-9,11H,10H2,1-2H3,(H,20,21). The fourth-order valence-electron chi connectivity index (χ4n) is 2.01. The third-order valence-corrected chi connectivity index (χ3v) is 3.10. The molecule has 0 unspecified atom stereocenters. The molecule has 3 nitrogen and oxygen atoms in total. The smallest absolute Gasteiger partial charge is 0.262 e. The van der Waals surface area contributed by atoms with Crippen molar-refractivity contribution in [3.8, 4) is 5.75 Å². The lowest BCUT2D eigenvalue weighted by Gasteiger charge is -2.13. The zero-order valence-corrected chi connectivity index (χ0v) is 12.4. The van der Waals surface area contributed by atoms with Gasteiger partial charge in [0.15, 0.2) is 6.61 Å². The zero-order chi connectivity index (χ0) is 16.1. The van der Waals surface area contributed by atoms with Crippen LogP contribution in [0, 0.1) is 11.6 Å². The monoisotopic (exact) mass is 305 g/mol. The molecule has 1 N–H and O–H groups in total. The van der Waals surface area contributed by atoms with Gasteiger partial charge in [0.2, 0.25) is 0 Å². The lowest BCUT2D eigenvalue weighted by atomic mass is 10.0. The number of carbonyl (C=O) groups is 1. The van der Waals surface area contributed by atoms with Gasteiger partial charge >= 0.3 is 0 Å². The number of amides is 1. The minimum absolute atomic E-state index is 0.203. The Morgan fingerprint density at radius 3 is 2.64 bits per heavy atom. The molecular weight excluding hydrogens is 288 g/mol. The molecule has 0 bridgehead atoms. The molecule has 2 aromatic rings. The van der Waals surface area contributed by atoms with Crippen LogP contribution in [-0.2, 0) is 4.79 Å². The molecule has 2 aromatic carbocycles. The summed E-state index contributed by atoms with van der Waals surface area (Å²) in [5, 5.41) is 2.29. The van der Waals surface area contributed by atoms with E-state index in [1.165, 1.54) is 0 Å². The number of nitrogens with one attached hydrogen (secondary N) is 1. The zero-order valence-electron chi connectivity index (χ0n) is 12.4. The Morgan fingerprint density at radius 2 is 1.91 bits per heavy atom. The molecule has 0 saturated carbocycles. The van der Waals surface area contributed by atoms with Crippen molar-refractivity contribution >= 4 is 11.6 Å². The molecule has 0 aliphatic rings. The van der Waals surface area contributed by atoms with Gasteiger partial charge in [0, 0.05) is 6.07 Å². The first-order valence-corrected chi connectivity index (χ1v) is 6.94. The predicted octanol–water partition coefficient (Wildman–Crippen LogP) is 4.11. The molecule has 0 heterocycles. The maximum absolute atomic E-state index is 13.4. The molecule has 22 heavy (non-hydrogen) atoms. The Balaban J connectivity index is 2.00. The molecule has 5 heteroatoms. The third kappa shape index (κ3) is 4.04. The van der Waals surface area contributed by atoms with Crippen LogP contribution in [-0.4, -0.2) is 12.5 Å². The van der Waals surface area contributed by atoms with Gasteiger partial charge in [0.1, 0.15) is 17.4 Å². The molecule has 0 aromatic heterocycles. The van der Waals surface area contributed by atoms with E-state index in [0.717, 1.165) is 23.8 Å². The second-order valence-electron chi connectivity index (χ2n) is 5.15. The lowest BCUT2D eigenvalue weighted by Crippen LogP contribution is -2.21. The van der Waals surface area contributed by atoms with Crippen LogP contribution in [0.15, 0.2) is 42.5 Å². The van der Waals surface area contributed by atoms with Crippen LogP contribution in [0.1, 0.15) is 25.3 Å². The summed E-state index contributed by atoms with van der Waals surface area (Å²) >= 11 is 0. The Morgan fingerprint density at radius 1 is 1.18 bits per heavy atom. The Labute approximate surface area is 127 Å². The average molecular weight is 305 g/mol. The number of hydrogen-bond donors (Lipinski definition) is 1. The maximum Gasteiger partial charge on any atom is 0.262 e. The molecule has 0 atom stereocenters. The second kappa shape index (κ2) is 7.02. The Kier molecular flexibility index (Phi) is 5.09. The van der Waals surface area contributed by atoms with E-state index < -0.39 is 17.5 Å². The van der Waals surface area contributed by atoms with Crippen molar-refractivity contribution < 1.29 is 18.3 Å². The Bertz CT molecular complexity index is 671. The highest BCUT2D eigenvalue weighted by Gasteiger charge is 2.11. The van der Waals surface area contributed by atoms with E-state index in [2.05, 4.69) is 5.32 Å². The summed E-state index contributed by atoms with van der Waals surface area (Å²) in [4.78, 5) is 11.8. The van der Waals surface area contributed by atoms with E-state index in [4.69, 9.17) is 4.74 Å². The summed E-state index contributed by atoms with van der Waals surface area (Å²) in [6, 6.07) is 10.3. The predicted molar refractivity (Wildman–Crippen MR) is 81.0 cm³/mol. The molecule has 0 radical (unpaired) electrons. The third-order valence-electron chi connectivity index (χ3n) is 3.10. The molecule has 0 fully saturated rings. The van der Waals surface area contributed by atoms with Crippen LogP contribution in [0.25, 0.3) is 0 Å². The number of halogens is 2. The van der Waals surface area contributed by atoms with E-state index in [1.807, 2.05) is 32.0 Å². The number of benzene rings is 2. The molecule has 1 amide bonds. The number of carbonyl (C=O) groups excluding carboxylic acids is 1. The molecule has 2 rings (SSSR count). The van der Waals surface area contributed by atoms with Crippen molar-refractivity contribution in [3.05, 3.63) is 59.7 Å². The van der Waals surface area contributed by atoms with Gasteiger partial charge in [-0.2, -0.15) is 0 Å². The number of rotatable bonds is 5. The van der Waals surface area contributed by atoms with Crippen LogP contribution >= 0.6 is 0 Å². The van der Waals surface area contributed by atoms with Crippen molar-refractivity contribution in [2.75, 3.05) is 11.9 Å². The Hall–Kier alpha value is -2.43. The molecule has 0 aliphatic carbocycles. The van der Waals surface area contributed by atoms with Crippen LogP contribution < -0.4 is 10.1 Å². The number of ether oxygens (including phenoxy) is 1. The summed E-state index contributed by atoms with van der Waals surface area (Å²) in [6.45, 7) is 3.76. The van der Waals surface area contributed by atoms with Gasteiger partial charge in [0.25, 0.3) is 5.91 Å². The molecular formula is C17H17F2NO2.